The van der Waals surface area contributed by atoms with Crippen molar-refractivity contribution >= 4 is 17.9 Å². The van der Waals surface area contributed by atoms with Gasteiger partial charge in [0, 0.05) is 18.8 Å². The number of hydrogen-bond acceptors (Lipinski definition) is 6. The Labute approximate surface area is 141 Å². The first kappa shape index (κ1) is 18.8. The predicted octanol–water partition coefficient (Wildman–Crippen LogP) is 1.91. The fourth-order valence-corrected chi connectivity index (χ4v) is 4.15. The smallest absolute Gasteiger partial charge is 0.434 e. The maximum atomic E-state index is 12.6. The Hall–Kier alpha value is -2.01. The third-order valence-electron chi connectivity index (χ3n) is 5.05. The molecule has 3 rings (SSSR count). The molecule has 6 nitrogen and oxygen atoms in total. The lowest BCUT2D eigenvalue weighted by Crippen LogP contribution is -2.51. The molecular weight excluding hydrogens is 378 g/mol. The zero-order valence-electron chi connectivity index (χ0n) is 13.0. The molecule has 146 valence electrons. The topological polar surface area (TPSA) is 78.9 Å². The van der Waals surface area contributed by atoms with Gasteiger partial charge in [-0.15, -0.1) is 0 Å². The summed E-state index contributed by atoms with van der Waals surface area (Å²) in [4.78, 5) is 35.5. The highest BCUT2D eigenvalue weighted by Crippen LogP contribution is 2.63. The van der Waals surface area contributed by atoms with Crippen LogP contribution in [0.15, 0.2) is 0 Å². The molecule has 2 aliphatic carbocycles. The average Bonchev–Trinajstić information content (AvgIpc) is 3.04. The van der Waals surface area contributed by atoms with Gasteiger partial charge in [-0.2, -0.15) is 26.3 Å². The van der Waals surface area contributed by atoms with Gasteiger partial charge < -0.3 is 14.2 Å². The minimum atomic E-state index is -5.88. The Morgan fingerprint density at radius 2 is 1.77 bits per heavy atom. The molecule has 1 saturated heterocycles. The van der Waals surface area contributed by atoms with Crippen LogP contribution in [0.3, 0.4) is 0 Å². The van der Waals surface area contributed by atoms with Gasteiger partial charge in [0.15, 0.2) is 5.41 Å². The Kier molecular flexibility index (Phi) is 3.97. The van der Waals surface area contributed by atoms with Gasteiger partial charge in [0.05, 0.1) is 0 Å². The molecule has 0 radical (unpaired) electrons. The molecule has 0 aromatic rings. The number of rotatable bonds is 3. The van der Waals surface area contributed by atoms with Crippen molar-refractivity contribution in [2.45, 2.75) is 50.4 Å². The summed E-state index contributed by atoms with van der Waals surface area (Å²) in [5, 5.41) is 0. The van der Waals surface area contributed by atoms with Crippen molar-refractivity contribution in [2.24, 2.45) is 17.3 Å². The molecule has 2 saturated carbocycles. The SMILES string of the molecule is CC(=O)OC1C2CC3C1OC(=O)C3(C(=O)OC(C(F)(F)F)C(F)(F)F)C2. The van der Waals surface area contributed by atoms with Crippen molar-refractivity contribution in [3.05, 3.63) is 0 Å². The Morgan fingerprint density at radius 1 is 1.19 bits per heavy atom. The molecule has 3 fully saturated rings. The summed E-state index contributed by atoms with van der Waals surface area (Å²) >= 11 is 0. The second-order valence-corrected chi connectivity index (χ2v) is 6.59. The Bertz CT molecular complexity index is 643. The first-order chi connectivity index (χ1) is 11.8. The molecule has 0 N–H and O–H groups in total. The van der Waals surface area contributed by atoms with Crippen LogP contribution in [-0.2, 0) is 28.6 Å². The van der Waals surface area contributed by atoms with Crippen LogP contribution in [0.4, 0.5) is 26.3 Å². The van der Waals surface area contributed by atoms with E-state index < -0.39 is 72.2 Å². The molecule has 1 heterocycles. The summed E-state index contributed by atoms with van der Waals surface area (Å²) in [6.07, 6.45) is -18.4. The summed E-state index contributed by atoms with van der Waals surface area (Å²) in [5.74, 6) is -5.45. The Balaban J connectivity index is 1.85. The van der Waals surface area contributed by atoms with Crippen LogP contribution in [0.5, 0.6) is 0 Å². The van der Waals surface area contributed by atoms with E-state index in [1.807, 2.05) is 0 Å². The number of alkyl halides is 6. The molecule has 12 heteroatoms. The minimum absolute atomic E-state index is 0.0894. The summed E-state index contributed by atoms with van der Waals surface area (Å²) in [6, 6.07) is 0. The number of carbonyl (C=O) groups excluding carboxylic acids is 3. The van der Waals surface area contributed by atoms with Crippen LogP contribution in [0.1, 0.15) is 19.8 Å². The molecule has 5 atom stereocenters. The van der Waals surface area contributed by atoms with E-state index in [-0.39, 0.29) is 6.42 Å². The van der Waals surface area contributed by atoms with Crippen LogP contribution in [0.25, 0.3) is 0 Å². The fourth-order valence-electron chi connectivity index (χ4n) is 4.15. The molecule has 26 heavy (non-hydrogen) atoms. The summed E-state index contributed by atoms with van der Waals surface area (Å²) in [5.41, 5.74) is -2.24. The van der Waals surface area contributed by atoms with E-state index in [2.05, 4.69) is 4.74 Å². The van der Waals surface area contributed by atoms with Crippen molar-refractivity contribution in [1.29, 1.82) is 0 Å². The third kappa shape index (κ3) is 2.60. The van der Waals surface area contributed by atoms with Crippen LogP contribution >= 0.6 is 0 Å². The molecule has 2 bridgehead atoms. The van der Waals surface area contributed by atoms with E-state index >= 15 is 0 Å². The summed E-state index contributed by atoms with van der Waals surface area (Å²) in [6.45, 7) is 1.10. The zero-order valence-corrected chi connectivity index (χ0v) is 13.0. The molecule has 1 aliphatic heterocycles. The van der Waals surface area contributed by atoms with E-state index in [1.54, 1.807) is 0 Å². The molecular formula is C14H12F6O6. The lowest BCUT2D eigenvalue weighted by molar-refractivity contribution is -0.315. The minimum Gasteiger partial charge on any atom is -0.458 e. The lowest BCUT2D eigenvalue weighted by atomic mass is 9.73. The number of halogens is 6. The highest BCUT2D eigenvalue weighted by atomic mass is 19.4. The standard InChI is InChI=1S/C14H12F6O6/c1-4(21)24-7-5-2-6-8(7)25-10(22)12(6,3-5)11(23)26-9(13(15,16)17)14(18,19)20/h5-9H,2-3H2,1H3. The van der Waals surface area contributed by atoms with Gasteiger partial charge >= 0.3 is 30.3 Å². The highest BCUT2D eigenvalue weighted by Gasteiger charge is 2.76. The van der Waals surface area contributed by atoms with Gasteiger partial charge in [-0.05, 0) is 12.8 Å². The molecule has 0 amide bonds. The molecule has 0 aromatic carbocycles. The van der Waals surface area contributed by atoms with E-state index in [1.165, 1.54) is 0 Å². The van der Waals surface area contributed by atoms with Crippen LogP contribution in [0, 0.1) is 17.3 Å². The van der Waals surface area contributed by atoms with Crippen LogP contribution < -0.4 is 0 Å². The van der Waals surface area contributed by atoms with Crippen molar-refractivity contribution < 1.29 is 54.9 Å². The van der Waals surface area contributed by atoms with Gasteiger partial charge in [0.25, 0.3) is 6.10 Å². The van der Waals surface area contributed by atoms with Gasteiger partial charge in [-0.3, -0.25) is 14.4 Å². The van der Waals surface area contributed by atoms with Crippen molar-refractivity contribution in [1.82, 2.24) is 0 Å². The number of carbonyl (C=O) groups is 3. The largest absolute Gasteiger partial charge is 0.458 e. The lowest BCUT2D eigenvalue weighted by Gasteiger charge is -2.32. The first-order valence-corrected chi connectivity index (χ1v) is 7.51. The normalized spacial score (nSPS) is 35.6. The van der Waals surface area contributed by atoms with Crippen LogP contribution in [-0.4, -0.2) is 48.6 Å². The van der Waals surface area contributed by atoms with Gasteiger partial charge in [-0.1, -0.05) is 0 Å². The monoisotopic (exact) mass is 390 g/mol. The van der Waals surface area contributed by atoms with Gasteiger partial charge in [-0.25, -0.2) is 0 Å². The zero-order chi connectivity index (χ0) is 19.7. The van der Waals surface area contributed by atoms with Gasteiger partial charge in [0.1, 0.15) is 12.2 Å². The van der Waals surface area contributed by atoms with E-state index in [9.17, 15) is 40.7 Å². The summed E-state index contributed by atoms with van der Waals surface area (Å²) < 4.78 is 89.4. The Morgan fingerprint density at radius 3 is 2.27 bits per heavy atom. The van der Waals surface area contributed by atoms with Crippen molar-refractivity contribution in [3.8, 4) is 0 Å². The van der Waals surface area contributed by atoms with Crippen molar-refractivity contribution in [3.63, 3.8) is 0 Å². The second-order valence-electron chi connectivity index (χ2n) is 6.59. The first-order valence-electron chi connectivity index (χ1n) is 7.51. The van der Waals surface area contributed by atoms with Crippen LogP contribution in [0.2, 0.25) is 0 Å². The fraction of sp³-hybridized carbons (Fsp3) is 0.786. The number of ether oxygens (including phenoxy) is 3. The van der Waals surface area contributed by atoms with E-state index in [4.69, 9.17) is 9.47 Å². The summed E-state index contributed by atoms with van der Waals surface area (Å²) in [7, 11) is 0. The maximum absolute atomic E-state index is 12.6. The molecule has 0 aromatic heterocycles. The number of fused-ring (bicyclic) bond motifs is 1. The average molecular weight is 390 g/mol. The van der Waals surface area contributed by atoms with E-state index in [0.29, 0.717) is 0 Å². The second kappa shape index (κ2) is 5.49. The molecule has 5 unspecified atom stereocenters. The quantitative estimate of drug-likeness (QED) is 0.317. The highest BCUT2D eigenvalue weighted by molar-refractivity contribution is 6.03. The maximum Gasteiger partial charge on any atom is 0.434 e. The molecule has 0 spiro atoms. The van der Waals surface area contributed by atoms with Gasteiger partial charge in [0.2, 0.25) is 0 Å². The number of esters is 3. The molecule has 3 aliphatic rings. The predicted molar refractivity (Wildman–Crippen MR) is 66.1 cm³/mol. The third-order valence-corrected chi connectivity index (χ3v) is 5.05. The van der Waals surface area contributed by atoms with Crippen molar-refractivity contribution in [2.75, 3.05) is 0 Å². The van der Waals surface area contributed by atoms with E-state index in [0.717, 1.165) is 6.92 Å². The number of hydrogen-bond donors (Lipinski definition) is 0.